The summed E-state index contributed by atoms with van der Waals surface area (Å²) >= 11 is 0. The molecular weight excluding hydrogens is 333 g/mol. The maximum Gasteiger partial charge on any atom is 0.447 e. The zero-order valence-electron chi connectivity index (χ0n) is 10.1. The Bertz CT molecular complexity index is 526. The van der Waals surface area contributed by atoms with Gasteiger partial charge in [-0.2, -0.15) is 44.8 Å². The summed E-state index contributed by atoms with van der Waals surface area (Å²) in [5, 5.41) is 8.42. The van der Waals surface area contributed by atoms with Gasteiger partial charge in [-0.05, 0) is 24.3 Å². The number of benzene rings is 1. The number of hydrogen-bond donors (Lipinski definition) is 0. The van der Waals surface area contributed by atoms with Crippen LogP contribution in [0.3, 0.4) is 0 Å². The average molecular weight is 337 g/mol. The molecule has 0 aromatic heterocycles. The summed E-state index contributed by atoms with van der Waals surface area (Å²) in [5.74, 6) is -1.34. The van der Waals surface area contributed by atoms with E-state index in [-0.39, 0.29) is 5.56 Å². The molecule has 0 bridgehead atoms. The molecule has 122 valence electrons. The van der Waals surface area contributed by atoms with E-state index in [1.807, 2.05) is 0 Å². The van der Waals surface area contributed by atoms with Crippen LogP contribution in [-0.4, -0.2) is 24.1 Å². The van der Waals surface area contributed by atoms with Crippen LogP contribution in [0.2, 0.25) is 0 Å². The van der Waals surface area contributed by atoms with Crippen molar-refractivity contribution in [2.24, 2.45) is 0 Å². The second kappa shape index (κ2) is 5.26. The highest BCUT2D eigenvalue weighted by Gasteiger charge is 2.86. The van der Waals surface area contributed by atoms with Crippen molar-refractivity contribution in [2.45, 2.75) is 24.1 Å². The van der Waals surface area contributed by atoms with E-state index in [2.05, 4.69) is 4.74 Å². The zero-order chi connectivity index (χ0) is 17.4. The molecule has 0 amide bonds. The van der Waals surface area contributed by atoms with Gasteiger partial charge in [-0.25, -0.2) is 0 Å². The van der Waals surface area contributed by atoms with Gasteiger partial charge in [0.25, 0.3) is 0 Å². The van der Waals surface area contributed by atoms with Crippen molar-refractivity contribution in [3.63, 3.8) is 0 Å². The lowest BCUT2D eigenvalue weighted by Crippen LogP contribution is -2.69. The molecule has 0 fully saturated rings. The van der Waals surface area contributed by atoms with E-state index >= 15 is 0 Å². The first-order chi connectivity index (χ1) is 9.76. The molecule has 1 aromatic rings. The minimum Gasteiger partial charge on any atom is -0.462 e. The van der Waals surface area contributed by atoms with Crippen LogP contribution in [0.5, 0.6) is 5.75 Å². The van der Waals surface area contributed by atoms with Crippen LogP contribution in [-0.2, 0) is 0 Å². The molecule has 0 atom stereocenters. The van der Waals surface area contributed by atoms with Crippen LogP contribution in [0.25, 0.3) is 0 Å². The van der Waals surface area contributed by atoms with E-state index < -0.39 is 29.9 Å². The van der Waals surface area contributed by atoms with Crippen LogP contribution in [0.15, 0.2) is 24.3 Å². The van der Waals surface area contributed by atoms with E-state index in [4.69, 9.17) is 5.26 Å². The van der Waals surface area contributed by atoms with Gasteiger partial charge in [0, 0.05) is 0 Å². The summed E-state index contributed by atoms with van der Waals surface area (Å²) in [6.45, 7) is 0. The molecule has 0 unspecified atom stereocenters. The van der Waals surface area contributed by atoms with E-state index in [1.54, 1.807) is 0 Å². The maximum atomic E-state index is 12.6. The van der Waals surface area contributed by atoms with Crippen LogP contribution in [0, 0.1) is 11.3 Å². The number of nitrogens with zero attached hydrogens (tertiary/aromatic N) is 1. The molecule has 0 N–H and O–H groups in total. The number of halogens is 9. The molecule has 0 spiro atoms. The Kier molecular flexibility index (Phi) is 4.29. The number of hydrogen-bond acceptors (Lipinski definition) is 2. The maximum absolute atomic E-state index is 12.6. The Hall–Kier alpha value is -2.12. The number of ether oxygens (including phenoxy) is 1. The van der Waals surface area contributed by atoms with E-state index in [0.29, 0.717) is 24.3 Å². The lowest BCUT2D eigenvalue weighted by molar-refractivity contribution is -0.436. The Balaban J connectivity index is 3.47. The van der Waals surface area contributed by atoms with Crippen molar-refractivity contribution in [3.05, 3.63) is 29.8 Å². The fourth-order valence-corrected chi connectivity index (χ4v) is 1.43. The third-order valence-corrected chi connectivity index (χ3v) is 2.45. The van der Waals surface area contributed by atoms with Gasteiger partial charge in [0.1, 0.15) is 5.75 Å². The summed E-state index contributed by atoms with van der Waals surface area (Å²) in [5.41, 5.74) is -6.56. The van der Waals surface area contributed by atoms with E-state index in [9.17, 15) is 39.5 Å². The molecule has 11 heteroatoms. The largest absolute Gasteiger partial charge is 0.462 e. The molecule has 0 aliphatic heterocycles. The predicted octanol–water partition coefficient (Wildman–Crippen LogP) is 4.36. The third kappa shape index (κ3) is 2.90. The fourth-order valence-electron chi connectivity index (χ4n) is 1.43. The molecule has 0 radical (unpaired) electrons. The topological polar surface area (TPSA) is 33.0 Å². The molecule has 0 saturated carbocycles. The zero-order valence-corrected chi connectivity index (χ0v) is 10.1. The predicted molar refractivity (Wildman–Crippen MR) is 52.7 cm³/mol. The van der Waals surface area contributed by atoms with Crippen LogP contribution < -0.4 is 4.74 Å². The molecule has 22 heavy (non-hydrogen) atoms. The average Bonchev–Trinajstić information content (AvgIpc) is 2.32. The first kappa shape index (κ1) is 17.9. The van der Waals surface area contributed by atoms with Crippen molar-refractivity contribution in [2.75, 3.05) is 0 Å². The summed E-state index contributed by atoms with van der Waals surface area (Å²) in [6, 6.07) is 3.71. The minimum absolute atomic E-state index is 0.191. The minimum atomic E-state index is -6.81. The van der Waals surface area contributed by atoms with Crippen molar-refractivity contribution < 1.29 is 44.3 Å². The highest BCUT2D eigenvalue weighted by Crippen LogP contribution is 2.54. The van der Waals surface area contributed by atoms with Gasteiger partial charge in [0.05, 0.1) is 11.6 Å². The highest BCUT2D eigenvalue weighted by molar-refractivity contribution is 5.35. The van der Waals surface area contributed by atoms with Crippen LogP contribution >= 0.6 is 0 Å². The second-order valence-corrected chi connectivity index (χ2v) is 3.91. The van der Waals surface area contributed by atoms with Crippen molar-refractivity contribution in [1.29, 1.82) is 5.26 Å². The first-order valence-corrected chi connectivity index (χ1v) is 5.15. The Morgan fingerprint density at radius 1 is 0.727 bits per heavy atom. The summed E-state index contributed by atoms with van der Waals surface area (Å²) in [7, 11) is 0. The monoisotopic (exact) mass is 337 g/mol. The fraction of sp³-hybridized carbons (Fsp3) is 0.364. The summed E-state index contributed by atoms with van der Waals surface area (Å²) < 4.78 is 117. The normalized spacial score (nSPS) is 13.6. The number of rotatable bonds is 2. The molecule has 1 aromatic carbocycles. The molecular formula is C11H4F9NO. The van der Waals surface area contributed by atoms with Gasteiger partial charge < -0.3 is 4.74 Å². The smallest absolute Gasteiger partial charge is 0.447 e. The lowest BCUT2D eigenvalue weighted by atomic mass is 10.0. The van der Waals surface area contributed by atoms with Crippen molar-refractivity contribution in [1.82, 2.24) is 0 Å². The first-order valence-electron chi connectivity index (χ1n) is 5.15. The number of nitriles is 1. The van der Waals surface area contributed by atoms with Gasteiger partial charge in [0.2, 0.25) is 0 Å². The van der Waals surface area contributed by atoms with Crippen molar-refractivity contribution >= 4 is 0 Å². The lowest BCUT2D eigenvalue weighted by Gasteiger charge is -2.38. The summed E-state index contributed by atoms with van der Waals surface area (Å²) in [6.07, 6.45) is -20.4. The van der Waals surface area contributed by atoms with Gasteiger partial charge in [0.15, 0.2) is 0 Å². The van der Waals surface area contributed by atoms with E-state index in [1.165, 1.54) is 6.07 Å². The quantitative estimate of drug-likeness (QED) is 0.751. The molecule has 0 saturated heterocycles. The Morgan fingerprint density at radius 2 is 1.09 bits per heavy atom. The molecule has 2 nitrogen and oxygen atoms in total. The molecule has 0 heterocycles. The van der Waals surface area contributed by atoms with Gasteiger partial charge in [-0.15, -0.1) is 0 Å². The molecule has 0 aliphatic rings. The summed E-state index contributed by atoms with van der Waals surface area (Å²) in [4.78, 5) is 0. The highest BCUT2D eigenvalue weighted by atomic mass is 19.4. The third-order valence-electron chi connectivity index (χ3n) is 2.45. The SMILES string of the molecule is N#Cc1ccc(OC(C(F)(F)F)(C(F)(F)F)C(F)(F)F)cc1. The van der Waals surface area contributed by atoms with E-state index in [0.717, 1.165) is 0 Å². The number of alkyl halides is 9. The van der Waals surface area contributed by atoms with Gasteiger partial charge >= 0.3 is 24.1 Å². The van der Waals surface area contributed by atoms with Gasteiger partial charge in [-0.1, -0.05) is 0 Å². The molecule has 1 rings (SSSR count). The standard InChI is InChI=1S/C11H4F9NO/c12-9(13,14)8(10(15,16)17,11(18,19)20)22-7-3-1-6(5-21)2-4-7/h1-4H. The van der Waals surface area contributed by atoms with Crippen LogP contribution in [0.1, 0.15) is 5.56 Å². The van der Waals surface area contributed by atoms with Crippen LogP contribution in [0.4, 0.5) is 39.5 Å². The Morgan fingerprint density at radius 3 is 1.36 bits per heavy atom. The van der Waals surface area contributed by atoms with Crippen molar-refractivity contribution in [3.8, 4) is 11.8 Å². The van der Waals surface area contributed by atoms with Gasteiger partial charge in [-0.3, -0.25) is 0 Å². The second-order valence-electron chi connectivity index (χ2n) is 3.91. The Labute approximate surface area is 116 Å². The molecule has 0 aliphatic carbocycles.